The second-order valence-electron chi connectivity index (χ2n) is 7.06. The summed E-state index contributed by atoms with van der Waals surface area (Å²) < 4.78 is 5.52. The van der Waals surface area contributed by atoms with Crippen molar-refractivity contribution in [3.8, 4) is 11.3 Å². The number of hydrogen-bond donors (Lipinski definition) is 2. The van der Waals surface area contributed by atoms with Crippen LogP contribution in [0.15, 0.2) is 53.3 Å². The van der Waals surface area contributed by atoms with Crippen LogP contribution in [0.25, 0.3) is 22.4 Å². The Labute approximate surface area is 161 Å². The maximum Gasteiger partial charge on any atom is 0.259 e. The quantitative estimate of drug-likeness (QED) is 0.539. The summed E-state index contributed by atoms with van der Waals surface area (Å²) in [6.45, 7) is 0.521. The second kappa shape index (κ2) is 6.92. The van der Waals surface area contributed by atoms with E-state index in [1.807, 2.05) is 42.6 Å². The van der Waals surface area contributed by atoms with Crippen molar-refractivity contribution in [2.75, 3.05) is 6.54 Å². The van der Waals surface area contributed by atoms with E-state index in [-0.39, 0.29) is 5.91 Å². The van der Waals surface area contributed by atoms with Crippen molar-refractivity contribution >= 4 is 17.0 Å². The minimum atomic E-state index is -0.141. The van der Waals surface area contributed by atoms with E-state index in [9.17, 15) is 4.79 Å². The number of hydrogen-bond acceptors (Lipinski definition) is 5. The van der Waals surface area contributed by atoms with E-state index in [0.29, 0.717) is 41.2 Å². The van der Waals surface area contributed by atoms with Crippen LogP contribution in [-0.2, 0) is 6.42 Å². The van der Waals surface area contributed by atoms with E-state index in [0.717, 1.165) is 29.7 Å². The molecule has 1 aliphatic carbocycles. The zero-order chi connectivity index (χ0) is 18.9. The number of carbonyl (C=O) groups excluding carboxylic acids is 1. The van der Waals surface area contributed by atoms with Gasteiger partial charge in [0, 0.05) is 29.9 Å². The van der Waals surface area contributed by atoms with Gasteiger partial charge in [0.1, 0.15) is 5.69 Å². The number of carbonyl (C=O) groups is 1. The normalized spacial score (nSPS) is 13.7. The maximum atomic E-state index is 13.0. The van der Waals surface area contributed by atoms with Crippen molar-refractivity contribution in [1.82, 2.24) is 25.7 Å². The molecule has 28 heavy (non-hydrogen) atoms. The highest BCUT2D eigenvalue weighted by molar-refractivity contribution is 6.09. The Balaban J connectivity index is 1.51. The summed E-state index contributed by atoms with van der Waals surface area (Å²) in [6.07, 6.45) is 6.49. The van der Waals surface area contributed by atoms with Crippen LogP contribution in [0.5, 0.6) is 0 Å². The van der Waals surface area contributed by atoms with Gasteiger partial charge in [0.25, 0.3) is 11.6 Å². The first-order valence-corrected chi connectivity index (χ1v) is 9.41. The lowest BCUT2D eigenvalue weighted by molar-refractivity contribution is 0.0955. The lowest BCUT2D eigenvalue weighted by Gasteiger charge is -2.08. The minimum absolute atomic E-state index is 0.141. The molecular formula is C21H19N5O2. The SMILES string of the molecule is O=C(NCCc1cn[nH]c1)c1cc(C2CC2)nc2onc(-c3ccccc3)c12. The molecule has 0 unspecified atom stereocenters. The van der Waals surface area contributed by atoms with Crippen molar-refractivity contribution in [1.29, 1.82) is 0 Å². The van der Waals surface area contributed by atoms with Crippen molar-refractivity contribution in [2.45, 2.75) is 25.2 Å². The van der Waals surface area contributed by atoms with E-state index in [2.05, 4.69) is 25.7 Å². The summed E-state index contributed by atoms with van der Waals surface area (Å²) in [5.74, 6) is 0.269. The van der Waals surface area contributed by atoms with E-state index >= 15 is 0 Å². The number of aromatic amines is 1. The molecule has 1 aliphatic rings. The van der Waals surface area contributed by atoms with E-state index in [1.54, 1.807) is 6.20 Å². The van der Waals surface area contributed by atoms with Crippen LogP contribution >= 0.6 is 0 Å². The zero-order valence-corrected chi connectivity index (χ0v) is 15.2. The number of amides is 1. The van der Waals surface area contributed by atoms with Gasteiger partial charge in [0.05, 0.1) is 17.1 Å². The Morgan fingerprint density at radius 2 is 2.11 bits per heavy atom. The molecule has 1 fully saturated rings. The molecule has 0 radical (unpaired) electrons. The fourth-order valence-corrected chi connectivity index (χ4v) is 3.36. The second-order valence-corrected chi connectivity index (χ2v) is 7.06. The molecule has 0 spiro atoms. The number of nitrogens with zero attached hydrogens (tertiary/aromatic N) is 3. The molecule has 0 aliphatic heterocycles. The number of rotatable bonds is 6. The smallest absolute Gasteiger partial charge is 0.259 e. The molecule has 2 N–H and O–H groups in total. The third kappa shape index (κ3) is 3.15. The summed E-state index contributed by atoms with van der Waals surface area (Å²) in [5.41, 5.74) is 4.49. The lowest BCUT2D eigenvalue weighted by atomic mass is 10.0. The standard InChI is InChI=1S/C21H19N5O2/c27-20(22-9-8-13-11-23-24-12-13)16-10-17(14-6-7-14)25-21-18(16)19(26-28-21)15-4-2-1-3-5-15/h1-5,10-12,14H,6-9H2,(H,22,27)(H,23,24). The first-order chi connectivity index (χ1) is 13.8. The summed E-state index contributed by atoms with van der Waals surface area (Å²) in [5, 5.41) is 14.6. The molecular weight excluding hydrogens is 354 g/mol. The summed E-state index contributed by atoms with van der Waals surface area (Å²) in [4.78, 5) is 17.7. The van der Waals surface area contributed by atoms with Gasteiger partial charge in [-0.15, -0.1) is 0 Å². The van der Waals surface area contributed by atoms with E-state index in [1.165, 1.54) is 0 Å². The fraction of sp³-hybridized carbons (Fsp3) is 0.238. The van der Waals surface area contributed by atoms with E-state index in [4.69, 9.17) is 4.52 Å². The summed E-state index contributed by atoms with van der Waals surface area (Å²) >= 11 is 0. The molecule has 1 amide bonds. The predicted molar refractivity (Wildman–Crippen MR) is 104 cm³/mol. The molecule has 7 nitrogen and oxygen atoms in total. The topological polar surface area (TPSA) is 96.7 Å². The first kappa shape index (κ1) is 16.7. The number of fused-ring (bicyclic) bond motifs is 1. The third-order valence-corrected chi connectivity index (χ3v) is 5.01. The maximum absolute atomic E-state index is 13.0. The number of benzene rings is 1. The highest BCUT2D eigenvalue weighted by atomic mass is 16.5. The molecule has 0 saturated heterocycles. The van der Waals surface area contributed by atoms with Crippen molar-refractivity contribution in [2.24, 2.45) is 0 Å². The molecule has 4 aromatic rings. The van der Waals surface area contributed by atoms with Crippen LogP contribution in [0.4, 0.5) is 0 Å². The monoisotopic (exact) mass is 373 g/mol. The van der Waals surface area contributed by atoms with Crippen LogP contribution in [0.1, 0.15) is 40.4 Å². The van der Waals surface area contributed by atoms with Gasteiger partial charge in [0.2, 0.25) is 0 Å². The Hall–Kier alpha value is -3.48. The van der Waals surface area contributed by atoms with Crippen molar-refractivity contribution in [3.63, 3.8) is 0 Å². The molecule has 0 atom stereocenters. The highest BCUT2D eigenvalue weighted by Crippen LogP contribution is 2.41. The summed E-state index contributed by atoms with van der Waals surface area (Å²) in [7, 11) is 0. The average Bonchev–Trinajstić information content (AvgIpc) is 3.28. The Morgan fingerprint density at radius 3 is 2.86 bits per heavy atom. The molecule has 140 valence electrons. The molecule has 1 aromatic carbocycles. The van der Waals surface area contributed by atoms with Gasteiger partial charge in [-0.1, -0.05) is 35.5 Å². The van der Waals surface area contributed by atoms with Crippen LogP contribution < -0.4 is 5.32 Å². The largest absolute Gasteiger partial charge is 0.352 e. The predicted octanol–water partition coefficient (Wildman–Crippen LogP) is 3.46. The lowest BCUT2D eigenvalue weighted by Crippen LogP contribution is -2.26. The first-order valence-electron chi connectivity index (χ1n) is 9.41. The van der Waals surface area contributed by atoms with Gasteiger partial charge in [-0.05, 0) is 30.9 Å². The van der Waals surface area contributed by atoms with Gasteiger partial charge >= 0.3 is 0 Å². The van der Waals surface area contributed by atoms with Gasteiger partial charge in [0.15, 0.2) is 0 Å². The molecule has 3 aromatic heterocycles. The number of pyridine rings is 1. The van der Waals surface area contributed by atoms with Crippen LogP contribution in [-0.4, -0.2) is 32.8 Å². The number of H-pyrrole nitrogens is 1. The molecule has 0 bridgehead atoms. The Bertz CT molecular complexity index is 1110. The number of nitrogens with one attached hydrogen (secondary N) is 2. The van der Waals surface area contributed by atoms with Crippen LogP contribution in [0.2, 0.25) is 0 Å². The summed E-state index contributed by atoms with van der Waals surface area (Å²) in [6, 6.07) is 11.6. The minimum Gasteiger partial charge on any atom is -0.352 e. The molecule has 1 saturated carbocycles. The fourth-order valence-electron chi connectivity index (χ4n) is 3.36. The Kier molecular flexibility index (Phi) is 4.12. The van der Waals surface area contributed by atoms with Crippen LogP contribution in [0, 0.1) is 0 Å². The van der Waals surface area contributed by atoms with Gasteiger partial charge in [-0.25, -0.2) is 4.98 Å². The van der Waals surface area contributed by atoms with Gasteiger partial charge < -0.3 is 9.84 Å². The van der Waals surface area contributed by atoms with Crippen LogP contribution in [0.3, 0.4) is 0 Å². The molecule has 7 heteroatoms. The molecule has 3 heterocycles. The van der Waals surface area contributed by atoms with Crippen molar-refractivity contribution < 1.29 is 9.32 Å². The zero-order valence-electron chi connectivity index (χ0n) is 15.2. The third-order valence-electron chi connectivity index (χ3n) is 5.01. The molecule has 5 rings (SSSR count). The number of aromatic nitrogens is 4. The average molecular weight is 373 g/mol. The Morgan fingerprint density at radius 1 is 1.25 bits per heavy atom. The van der Waals surface area contributed by atoms with E-state index < -0.39 is 0 Å². The van der Waals surface area contributed by atoms with Gasteiger partial charge in [-0.3, -0.25) is 9.89 Å². The highest BCUT2D eigenvalue weighted by Gasteiger charge is 2.29. The van der Waals surface area contributed by atoms with Gasteiger partial charge in [-0.2, -0.15) is 5.10 Å². The van der Waals surface area contributed by atoms with Crippen molar-refractivity contribution in [3.05, 3.63) is 65.6 Å².